The first kappa shape index (κ1) is 15.0. The van der Waals surface area contributed by atoms with Crippen LogP contribution in [0.5, 0.6) is 0 Å². The van der Waals surface area contributed by atoms with E-state index in [2.05, 4.69) is 39.5 Å². The van der Waals surface area contributed by atoms with E-state index in [-0.39, 0.29) is 4.90 Å². The molecule has 4 nitrogen and oxygen atoms in total. The lowest BCUT2D eigenvalue weighted by atomic mass is 10.0. The van der Waals surface area contributed by atoms with Crippen molar-refractivity contribution in [2.24, 2.45) is 0 Å². The number of rotatable bonds is 4. The molecular formula is C14H15BrN2O2S. The van der Waals surface area contributed by atoms with Crippen LogP contribution in [0.2, 0.25) is 0 Å². The van der Waals surface area contributed by atoms with Crippen molar-refractivity contribution in [3.63, 3.8) is 0 Å². The molecule has 1 N–H and O–H groups in total. The molecule has 0 aliphatic carbocycles. The average Bonchev–Trinajstić information content (AvgIpc) is 2.38. The number of hydrogen-bond acceptors (Lipinski definition) is 3. The van der Waals surface area contributed by atoms with Crippen molar-refractivity contribution >= 4 is 31.6 Å². The van der Waals surface area contributed by atoms with Crippen LogP contribution in [0.1, 0.15) is 25.3 Å². The first-order valence-electron chi connectivity index (χ1n) is 6.12. The van der Waals surface area contributed by atoms with E-state index in [0.29, 0.717) is 16.1 Å². The second kappa shape index (κ2) is 5.93. The van der Waals surface area contributed by atoms with Gasteiger partial charge >= 0.3 is 0 Å². The Hall–Kier alpha value is -1.40. The van der Waals surface area contributed by atoms with Gasteiger partial charge in [0.25, 0.3) is 10.0 Å². The SMILES string of the molecule is CC(C)c1cccc(NS(=O)(=O)c2cncc(Br)c2)c1. The van der Waals surface area contributed by atoms with Crippen molar-refractivity contribution < 1.29 is 8.42 Å². The van der Waals surface area contributed by atoms with Gasteiger partial charge in [0.05, 0.1) is 0 Å². The van der Waals surface area contributed by atoms with Crippen LogP contribution in [0, 0.1) is 0 Å². The summed E-state index contributed by atoms with van der Waals surface area (Å²) in [5.74, 6) is 0.340. The third-order valence-corrected chi connectivity index (χ3v) is 4.58. The van der Waals surface area contributed by atoms with Crippen LogP contribution in [0.25, 0.3) is 0 Å². The van der Waals surface area contributed by atoms with Crippen molar-refractivity contribution in [2.75, 3.05) is 4.72 Å². The number of anilines is 1. The highest BCUT2D eigenvalue weighted by atomic mass is 79.9. The molecule has 1 aromatic carbocycles. The van der Waals surface area contributed by atoms with Crippen LogP contribution >= 0.6 is 15.9 Å². The number of aromatic nitrogens is 1. The van der Waals surface area contributed by atoms with Crippen LogP contribution < -0.4 is 4.72 Å². The minimum Gasteiger partial charge on any atom is -0.280 e. The van der Waals surface area contributed by atoms with Crippen LogP contribution in [-0.4, -0.2) is 13.4 Å². The summed E-state index contributed by atoms with van der Waals surface area (Å²) in [4.78, 5) is 4.00. The molecule has 0 saturated carbocycles. The Labute approximate surface area is 127 Å². The number of hydrogen-bond donors (Lipinski definition) is 1. The monoisotopic (exact) mass is 354 g/mol. The van der Waals surface area contributed by atoms with Crippen LogP contribution in [0.3, 0.4) is 0 Å². The minimum atomic E-state index is -3.62. The number of halogens is 1. The van der Waals surface area contributed by atoms with E-state index in [1.165, 1.54) is 12.3 Å². The van der Waals surface area contributed by atoms with Gasteiger partial charge in [-0.05, 0) is 45.6 Å². The van der Waals surface area contributed by atoms with E-state index in [4.69, 9.17) is 0 Å². The Bertz CT molecular complexity index is 715. The topological polar surface area (TPSA) is 59.1 Å². The molecule has 0 aliphatic rings. The minimum absolute atomic E-state index is 0.127. The Morgan fingerprint density at radius 1 is 1.20 bits per heavy atom. The van der Waals surface area contributed by atoms with Crippen molar-refractivity contribution in [3.8, 4) is 0 Å². The number of nitrogens with one attached hydrogen (secondary N) is 1. The van der Waals surface area contributed by atoms with E-state index in [1.54, 1.807) is 12.3 Å². The maximum atomic E-state index is 12.3. The third kappa shape index (κ3) is 3.58. The van der Waals surface area contributed by atoms with E-state index in [1.807, 2.05) is 18.2 Å². The molecule has 0 aliphatic heterocycles. The van der Waals surface area contributed by atoms with Crippen LogP contribution in [0.4, 0.5) is 5.69 Å². The highest BCUT2D eigenvalue weighted by Crippen LogP contribution is 2.22. The lowest BCUT2D eigenvalue weighted by Gasteiger charge is -2.11. The molecule has 20 heavy (non-hydrogen) atoms. The molecule has 0 amide bonds. The van der Waals surface area contributed by atoms with Gasteiger partial charge in [0.1, 0.15) is 4.90 Å². The largest absolute Gasteiger partial charge is 0.280 e. The summed E-state index contributed by atoms with van der Waals surface area (Å²) in [7, 11) is -3.62. The van der Waals surface area contributed by atoms with Crippen molar-refractivity contribution in [3.05, 3.63) is 52.8 Å². The maximum Gasteiger partial charge on any atom is 0.263 e. The molecule has 0 saturated heterocycles. The fraction of sp³-hybridized carbons (Fsp3) is 0.214. The number of nitrogens with zero attached hydrogens (tertiary/aromatic N) is 1. The van der Waals surface area contributed by atoms with Gasteiger partial charge in [0.2, 0.25) is 0 Å². The van der Waals surface area contributed by atoms with Crippen molar-refractivity contribution in [2.45, 2.75) is 24.7 Å². The summed E-state index contributed by atoms with van der Waals surface area (Å²) >= 11 is 3.22. The standard InChI is InChI=1S/C14H15BrN2O2S/c1-10(2)11-4-3-5-13(6-11)17-20(18,19)14-7-12(15)8-16-9-14/h3-10,17H,1-2H3. The molecule has 1 heterocycles. The smallest absolute Gasteiger partial charge is 0.263 e. The number of benzene rings is 1. The summed E-state index contributed by atoms with van der Waals surface area (Å²) in [6.07, 6.45) is 2.86. The number of pyridine rings is 1. The van der Waals surface area contributed by atoms with E-state index in [9.17, 15) is 8.42 Å². The Morgan fingerprint density at radius 2 is 1.95 bits per heavy atom. The Morgan fingerprint density at radius 3 is 2.60 bits per heavy atom. The normalized spacial score (nSPS) is 11.6. The van der Waals surface area contributed by atoms with E-state index < -0.39 is 10.0 Å². The zero-order valence-corrected chi connectivity index (χ0v) is 13.6. The highest BCUT2D eigenvalue weighted by Gasteiger charge is 2.15. The molecule has 106 valence electrons. The Balaban J connectivity index is 2.31. The first-order chi connectivity index (χ1) is 9.38. The highest BCUT2D eigenvalue weighted by molar-refractivity contribution is 9.10. The van der Waals surface area contributed by atoms with Gasteiger partial charge < -0.3 is 0 Å². The summed E-state index contributed by atoms with van der Waals surface area (Å²) in [6.45, 7) is 4.12. The third-order valence-electron chi connectivity index (χ3n) is 2.80. The first-order valence-corrected chi connectivity index (χ1v) is 8.39. The molecule has 0 radical (unpaired) electrons. The quantitative estimate of drug-likeness (QED) is 0.908. The summed E-state index contributed by atoms with van der Waals surface area (Å²) < 4.78 is 27.7. The fourth-order valence-electron chi connectivity index (χ4n) is 1.71. The van der Waals surface area contributed by atoms with Crippen LogP contribution in [0.15, 0.2) is 52.1 Å². The maximum absolute atomic E-state index is 12.3. The van der Waals surface area contributed by atoms with Gasteiger partial charge in [-0.3, -0.25) is 9.71 Å². The van der Waals surface area contributed by atoms with E-state index >= 15 is 0 Å². The molecule has 1 aromatic heterocycles. The molecule has 2 aromatic rings. The molecule has 0 fully saturated rings. The zero-order valence-electron chi connectivity index (χ0n) is 11.2. The summed E-state index contributed by atoms with van der Waals surface area (Å²) in [6, 6.07) is 8.90. The van der Waals surface area contributed by atoms with E-state index in [0.717, 1.165) is 5.56 Å². The molecule has 0 bridgehead atoms. The Kier molecular flexibility index (Phi) is 4.45. The average molecular weight is 355 g/mol. The lowest BCUT2D eigenvalue weighted by molar-refractivity contribution is 0.600. The fourth-order valence-corrected chi connectivity index (χ4v) is 3.27. The summed E-state index contributed by atoms with van der Waals surface area (Å²) in [5.41, 5.74) is 1.63. The van der Waals surface area contributed by atoms with Gasteiger partial charge in [-0.25, -0.2) is 8.42 Å². The van der Waals surface area contributed by atoms with Crippen LogP contribution in [-0.2, 0) is 10.0 Å². The van der Waals surface area contributed by atoms with Gasteiger partial charge in [-0.2, -0.15) is 0 Å². The second-order valence-corrected chi connectivity index (χ2v) is 7.32. The zero-order chi connectivity index (χ0) is 14.8. The molecule has 2 rings (SSSR count). The molecule has 6 heteroatoms. The van der Waals surface area contributed by atoms with Gasteiger partial charge in [0.15, 0.2) is 0 Å². The van der Waals surface area contributed by atoms with Crippen molar-refractivity contribution in [1.82, 2.24) is 4.98 Å². The van der Waals surface area contributed by atoms with Gasteiger partial charge in [0, 0.05) is 22.6 Å². The van der Waals surface area contributed by atoms with Gasteiger partial charge in [-0.1, -0.05) is 26.0 Å². The second-order valence-electron chi connectivity index (χ2n) is 4.72. The lowest BCUT2D eigenvalue weighted by Crippen LogP contribution is -2.13. The van der Waals surface area contributed by atoms with Gasteiger partial charge in [-0.15, -0.1) is 0 Å². The van der Waals surface area contributed by atoms with Crippen molar-refractivity contribution in [1.29, 1.82) is 0 Å². The number of sulfonamides is 1. The molecule has 0 unspecified atom stereocenters. The predicted octanol–water partition coefficient (Wildman–Crippen LogP) is 3.77. The summed E-state index contributed by atoms with van der Waals surface area (Å²) in [5, 5.41) is 0. The molecule has 0 atom stereocenters. The predicted molar refractivity (Wildman–Crippen MR) is 83.3 cm³/mol. The molecule has 0 spiro atoms. The molecular weight excluding hydrogens is 340 g/mol.